The highest BCUT2D eigenvalue weighted by Crippen LogP contribution is 2.32. The number of hydrogen-bond donors (Lipinski definition) is 0. The van der Waals surface area contributed by atoms with Crippen LogP contribution in [0, 0.1) is 0 Å². The molecule has 3 aromatic rings. The van der Waals surface area contributed by atoms with Crippen LogP contribution in [0.3, 0.4) is 0 Å². The second-order valence-electron chi connectivity index (χ2n) is 4.12. The van der Waals surface area contributed by atoms with Crippen molar-refractivity contribution in [1.29, 1.82) is 0 Å². The average Bonchev–Trinajstić information content (AvgIpc) is 2.48. The normalized spacial score (nSPS) is 12.8. The smallest absolute Gasteiger partial charge is 0.0622 e. The molecular formula is C18H15P. The topological polar surface area (TPSA) is 0 Å². The van der Waals surface area contributed by atoms with Crippen LogP contribution < -0.4 is 15.9 Å². The summed E-state index contributed by atoms with van der Waals surface area (Å²) in [5.74, 6) is 0. The third-order valence-electron chi connectivity index (χ3n) is 2.85. The molecule has 0 aliphatic carbocycles. The van der Waals surface area contributed by atoms with E-state index in [-0.39, 0.29) is 0 Å². The second-order valence-corrected chi connectivity index (χ2v) is 6.34. The fourth-order valence-electron chi connectivity index (χ4n) is 2.02. The van der Waals surface area contributed by atoms with Crippen LogP contribution in [0.15, 0.2) is 90.9 Å². The van der Waals surface area contributed by atoms with Gasteiger partial charge in [0.25, 0.3) is 0 Å². The van der Waals surface area contributed by atoms with Crippen LogP contribution in [-0.2, 0) is 0 Å². The van der Waals surface area contributed by atoms with E-state index in [9.17, 15) is 0 Å². The van der Waals surface area contributed by atoms with E-state index >= 15 is 0 Å². The van der Waals surface area contributed by atoms with Crippen molar-refractivity contribution in [3.05, 3.63) is 90.9 Å². The maximum absolute atomic E-state index is 7.87. The highest BCUT2D eigenvalue weighted by Gasteiger charge is 2.14. The molecule has 0 saturated carbocycles. The lowest BCUT2D eigenvalue weighted by molar-refractivity contribution is 1.74. The standard InChI is InChI=1S/C18H15P/c1-4-10-16(11-5-1)19(17-12-6-2-7-13-17)18-14-8-3-9-15-18/h1-15H/i4D,6D,8D. The van der Waals surface area contributed by atoms with Crippen LogP contribution in [0.25, 0.3) is 0 Å². The van der Waals surface area contributed by atoms with Gasteiger partial charge in [0.2, 0.25) is 0 Å². The van der Waals surface area contributed by atoms with Crippen LogP contribution in [-0.4, -0.2) is 0 Å². The van der Waals surface area contributed by atoms with Crippen molar-refractivity contribution in [2.45, 2.75) is 0 Å². The third-order valence-corrected chi connectivity index (χ3v) is 5.23. The Bertz CT molecular complexity index is 693. The van der Waals surface area contributed by atoms with Gasteiger partial charge in [-0.1, -0.05) is 90.9 Å². The lowest BCUT2D eigenvalue weighted by Crippen LogP contribution is -2.20. The van der Waals surface area contributed by atoms with Gasteiger partial charge in [0.1, 0.15) is 0 Å². The Hall–Kier alpha value is -1.91. The lowest BCUT2D eigenvalue weighted by atomic mass is 10.4. The first-order chi connectivity index (χ1) is 10.6. The Morgan fingerprint density at radius 3 is 1.21 bits per heavy atom. The summed E-state index contributed by atoms with van der Waals surface area (Å²) in [5, 5.41) is 3.20. The third kappa shape index (κ3) is 2.75. The van der Waals surface area contributed by atoms with E-state index in [1.165, 1.54) is 0 Å². The monoisotopic (exact) mass is 265 g/mol. The van der Waals surface area contributed by atoms with Crippen molar-refractivity contribution in [3.8, 4) is 0 Å². The van der Waals surface area contributed by atoms with Gasteiger partial charge in [-0.2, -0.15) is 0 Å². The molecule has 0 atom stereocenters. The molecule has 0 spiro atoms. The van der Waals surface area contributed by atoms with E-state index in [0.29, 0.717) is 18.1 Å². The summed E-state index contributed by atoms with van der Waals surface area (Å²) in [4.78, 5) is 0. The predicted molar refractivity (Wildman–Crippen MR) is 85.1 cm³/mol. The number of hydrogen-bond acceptors (Lipinski definition) is 0. The fraction of sp³-hybridized carbons (Fsp3) is 0. The van der Waals surface area contributed by atoms with Gasteiger partial charge in [0.05, 0.1) is 4.11 Å². The summed E-state index contributed by atoms with van der Waals surface area (Å²) >= 11 is 0. The maximum atomic E-state index is 7.87. The molecule has 0 aliphatic heterocycles. The zero-order valence-corrected chi connectivity index (χ0v) is 11.3. The molecule has 0 bridgehead atoms. The largest absolute Gasteiger partial charge is 0.0623 e. The Morgan fingerprint density at radius 2 is 0.895 bits per heavy atom. The number of benzene rings is 3. The van der Waals surface area contributed by atoms with Gasteiger partial charge in [-0.05, 0) is 23.8 Å². The molecule has 0 amide bonds. The van der Waals surface area contributed by atoms with E-state index in [2.05, 4.69) is 0 Å². The minimum Gasteiger partial charge on any atom is -0.0622 e. The highest BCUT2D eigenvalue weighted by molar-refractivity contribution is 7.79. The molecule has 0 nitrogen and oxygen atoms in total. The molecule has 1 heteroatoms. The number of rotatable bonds is 3. The van der Waals surface area contributed by atoms with E-state index in [4.69, 9.17) is 4.11 Å². The van der Waals surface area contributed by atoms with Gasteiger partial charge >= 0.3 is 0 Å². The lowest BCUT2D eigenvalue weighted by Gasteiger charge is -2.18. The van der Waals surface area contributed by atoms with Gasteiger partial charge in [0.15, 0.2) is 0 Å². The van der Waals surface area contributed by atoms with Crippen LogP contribution >= 0.6 is 7.92 Å². The van der Waals surface area contributed by atoms with E-state index in [1.54, 1.807) is 18.2 Å². The van der Waals surface area contributed by atoms with Crippen molar-refractivity contribution in [3.63, 3.8) is 0 Å². The summed E-state index contributed by atoms with van der Waals surface area (Å²) in [7, 11) is -0.855. The van der Waals surface area contributed by atoms with Crippen LogP contribution in [0.5, 0.6) is 0 Å². The first-order valence-corrected chi connectivity index (χ1v) is 7.48. The Labute approximate surface area is 119 Å². The van der Waals surface area contributed by atoms with Crippen molar-refractivity contribution < 1.29 is 4.11 Å². The highest BCUT2D eigenvalue weighted by atomic mass is 31.1. The van der Waals surface area contributed by atoms with Crippen molar-refractivity contribution in [2.24, 2.45) is 0 Å². The summed E-state index contributed by atoms with van der Waals surface area (Å²) in [6.07, 6.45) is 0. The zero-order chi connectivity index (χ0) is 15.5. The predicted octanol–water partition coefficient (Wildman–Crippen LogP) is 3.44. The van der Waals surface area contributed by atoms with Crippen molar-refractivity contribution >= 4 is 23.8 Å². The summed E-state index contributed by atoms with van der Waals surface area (Å²) < 4.78 is 23.6. The molecule has 0 N–H and O–H groups in total. The average molecular weight is 265 g/mol. The minimum absolute atomic E-state index is 0.481. The molecule has 92 valence electrons. The molecule has 0 aromatic heterocycles. The molecule has 3 rings (SSSR count). The van der Waals surface area contributed by atoms with Crippen LogP contribution in [0.2, 0.25) is 0 Å². The second kappa shape index (κ2) is 5.82. The first kappa shape index (κ1) is 9.07. The Kier molecular flexibility index (Phi) is 2.78. The van der Waals surface area contributed by atoms with Crippen molar-refractivity contribution in [1.82, 2.24) is 0 Å². The van der Waals surface area contributed by atoms with Gasteiger partial charge in [-0.15, -0.1) is 0 Å². The van der Waals surface area contributed by atoms with Crippen LogP contribution in [0.4, 0.5) is 0 Å². The summed E-state index contributed by atoms with van der Waals surface area (Å²) in [6, 6.07) is 24.1. The Morgan fingerprint density at radius 1 is 0.526 bits per heavy atom. The van der Waals surface area contributed by atoms with Gasteiger partial charge < -0.3 is 0 Å². The quantitative estimate of drug-likeness (QED) is 0.636. The molecular weight excluding hydrogens is 247 g/mol. The molecule has 3 aromatic carbocycles. The molecule has 0 unspecified atom stereocenters. The SMILES string of the molecule is [2H]c1cccc(P(c2cccc([2H])c2)c2cccc([2H])c2)c1. The van der Waals surface area contributed by atoms with Crippen molar-refractivity contribution in [2.75, 3.05) is 0 Å². The first-order valence-electron chi connectivity index (χ1n) is 7.63. The minimum atomic E-state index is -0.855. The maximum Gasteiger partial charge on any atom is 0.0623 e. The van der Waals surface area contributed by atoms with Gasteiger partial charge in [-0.3, -0.25) is 0 Å². The molecule has 0 heterocycles. The molecule has 19 heavy (non-hydrogen) atoms. The zero-order valence-electron chi connectivity index (χ0n) is 13.4. The Balaban J connectivity index is 2.18. The molecule has 0 saturated heterocycles. The fourth-order valence-corrected chi connectivity index (χ4v) is 4.23. The summed E-state index contributed by atoms with van der Waals surface area (Å²) in [6.45, 7) is 0. The van der Waals surface area contributed by atoms with Gasteiger partial charge in [-0.25, -0.2) is 0 Å². The molecule has 0 fully saturated rings. The van der Waals surface area contributed by atoms with E-state index in [0.717, 1.165) is 15.9 Å². The summed E-state index contributed by atoms with van der Waals surface area (Å²) in [5.41, 5.74) is 0. The molecule has 0 radical (unpaired) electrons. The molecule has 0 aliphatic rings. The van der Waals surface area contributed by atoms with Gasteiger partial charge in [0, 0.05) is 0 Å². The van der Waals surface area contributed by atoms with E-state index < -0.39 is 7.92 Å². The van der Waals surface area contributed by atoms with E-state index in [1.807, 2.05) is 54.6 Å². The van der Waals surface area contributed by atoms with Crippen LogP contribution in [0.1, 0.15) is 4.11 Å².